The zero-order valence-corrected chi connectivity index (χ0v) is 4.20. The van der Waals surface area contributed by atoms with Crippen molar-refractivity contribution in [3.63, 3.8) is 0 Å². The Morgan fingerprint density at radius 1 is 2.00 bits per heavy atom. The second kappa shape index (κ2) is 1.71. The molecule has 0 unspecified atom stereocenters. The van der Waals surface area contributed by atoms with Crippen molar-refractivity contribution in [1.82, 2.24) is 4.98 Å². The van der Waals surface area contributed by atoms with Gasteiger partial charge in [0.1, 0.15) is 6.07 Å². The molecule has 0 aliphatic heterocycles. The summed E-state index contributed by atoms with van der Waals surface area (Å²) in [6.07, 6.45) is 0. The molecule has 0 aliphatic carbocycles. The van der Waals surface area contributed by atoms with Crippen LogP contribution in [0.5, 0.6) is 0 Å². The van der Waals surface area contributed by atoms with Crippen LogP contribution in [0.3, 0.4) is 0 Å². The third-order valence-corrected chi connectivity index (χ3v) is 1.02. The van der Waals surface area contributed by atoms with E-state index in [-0.39, 0.29) is 0 Å². The molecule has 1 aromatic heterocycles. The first-order valence-electron chi connectivity index (χ1n) is 1.65. The second-order valence-electron chi connectivity index (χ2n) is 0.915. The molecule has 1 rings (SSSR count). The number of aromatic nitrogens is 1. The minimum Gasteiger partial charge on any atom is -0.233 e. The molecule has 0 fully saturated rings. The smallest absolute Gasteiger partial charge is 0.160 e. The van der Waals surface area contributed by atoms with Crippen LogP contribution in [0, 0.1) is 16.7 Å². The highest BCUT2D eigenvalue weighted by Gasteiger charge is 1.85. The molecule has 0 bridgehead atoms. The Balaban J connectivity index is 3.04. The predicted octanol–water partition coefficient (Wildman–Crippen LogP) is 0.815. The van der Waals surface area contributed by atoms with Crippen LogP contribution in [0.2, 0.25) is 0 Å². The van der Waals surface area contributed by atoms with Crippen molar-refractivity contribution >= 4 is 11.3 Å². The maximum absolute atomic E-state index is 8.09. The van der Waals surface area contributed by atoms with Crippen LogP contribution in [0.4, 0.5) is 0 Å². The zero-order chi connectivity index (χ0) is 5.11. The average molecular weight is 109 g/mol. The molecule has 1 heterocycles. The Labute approximate surface area is 45.0 Å². The molecule has 1 aromatic rings. The van der Waals surface area contributed by atoms with Gasteiger partial charge < -0.3 is 0 Å². The molecule has 0 aliphatic rings. The Kier molecular flexibility index (Phi) is 1.05. The minimum absolute atomic E-state index is 0.380. The van der Waals surface area contributed by atoms with E-state index in [1.54, 1.807) is 5.51 Å². The summed E-state index contributed by atoms with van der Waals surface area (Å²) in [4.78, 5) is 3.64. The van der Waals surface area contributed by atoms with Crippen LogP contribution >= 0.6 is 11.3 Å². The summed E-state index contributed by atoms with van der Waals surface area (Å²) in [5.74, 6) is 0. The van der Waals surface area contributed by atoms with Crippen molar-refractivity contribution in [2.45, 2.75) is 0 Å². The topological polar surface area (TPSA) is 36.7 Å². The summed E-state index contributed by atoms with van der Waals surface area (Å²) >= 11 is 1.31. The van der Waals surface area contributed by atoms with E-state index >= 15 is 0 Å². The first kappa shape index (κ1) is 4.28. The molecule has 2 nitrogen and oxygen atoms in total. The number of thiazole rings is 1. The number of hydrogen-bond donors (Lipinski definition) is 0. The van der Waals surface area contributed by atoms with Gasteiger partial charge in [0.15, 0.2) is 5.69 Å². The van der Waals surface area contributed by atoms with Gasteiger partial charge in [-0.2, -0.15) is 5.26 Å². The maximum atomic E-state index is 8.09. The molecular formula is C4HN2S. The Morgan fingerprint density at radius 3 is 3.14 bits per heavy atom. The average Bonchev–Trinajstić information content (AvgIpc) is 2.14. The summed E-state index contributed by atoms with van der Waals surface area (Å²) in [5.41, 5.74) is 1.96. The Hall–Kier alpha value is -0.880. The van der Waals surface area contributed by atoms with E-state index in [0.717, 1.165) is 0 Å². The van der Waals surface area contributed by atoms with Crippen LogP contribution in [0.1, 0.15) is 5.69 Å². The molecular weight excluding hydrogens is 108 g/mol. The largest absolute Gasteiger partial charge is 0.233 e. The summed E-state index contributed by atoms with van der Waals surface area (Å²) < 4.78 is 0. The van der Waals surface area contributed by atoms with Gasteiger partial charge in [-0.3, -0.25) is 0 Å². The number of hydrogen-bond acceptors (Lipinski definition) is 3. The monoisotopic (exact) mass is 109 g/mol. The lowest BCUT2D eigenvalue weighted by molar-refractivity contribution is 1.33. The summed E-state index contributed by atoms with van der Waals surface area (Å²) in [7, 11) is 0. The van der Waals surface area contributed by atoms with Gasteiger partial charge in [0.2, 0.25) is 0 Å². The molecule has 0 N–H and O–H groups in total. The molecule has 0 saturated carbocycles. The van der Waals surface area contributed by atoms with Crippen LogP contribution in [0.15, 0.2) is 5.51 Å². The number of rotatable bonds is 0. The van der Waals surface area contributed by atoms with Crippen LogP contribution in [-0.2, 0) is 0 Å². The van der Waals surface area contributed by atoms with Gasteiger partial charge in [0.05, 0.1) is 10.9 Å². The fourth-order valence-corrected chi connectivity index (χ4v) is 0.660. The van der Waals surface area contributed by atoms with Crippen molar-refractivity contribution in [1.29, 1.82) is 5.26 Å². The summed E-state index contributed by atoms with van der Waals surface area (Å²) in [5, 5.41) is 10.7. The van der Waals surface area contributed by atoms with Crippen molar-refractivity contribution in [3.8, 4) is 6.07 Å². The van der Waals surface area contributed by atoms with Crippen LogP contribution in [-0.4, -0.2) is 4.98 Å². The van der Waals surface area contributed by atoms with Gasteiger partial charge >= 0.3 is 0 Å². The molecule has 33 valence electrons. The Morgan fingerprint density at radius 2 is 2.86 bits per heavy atom. The third kappa shape index (κ3) is 0.756. The fraction of sp³-hybridized carbons (Fsp3) is 0. The van der Waals surface area contributed by atoms with Crippen LogP contribution in [0.25, 0.3) is 0 Å². The van der Waals surface area contributed by atoms with E-state index in [4.69, 9.17) is 5.26 Å². The normalized spacial score (nSPS) is 7.86. The highest BCUT2D eigenvalue weighted by molar-refractivity contribution is 7.07. The number of nitriles is 1. The van der Waals surface area contributed by atoms with E-state index in [1.807, 2.05) is 6.07 Å². The van der Waals surface area contributed by atoms with Crippen molar-refractivity contribution in [2.75, 3.05) is 0 Å². The van der Waals surface area contributed by atoms with E-state index in [0.29, 0.717) is 5.69 Å². The fourth-order valence-electron chi connectivity index (χ4n) is 0.239. The summed E-state index contributed by atoms with van der Waals surface area (Å²) in [6, 6.07) is 1.85. The molecule has 0 atom stereocenters. The quantitative estimate of drug-likeness (QED) is 0.494. The van der Waals surface area contributed by atoms with Crippen molar-refractivity contribution < 1.29 is 0 Å². The van der Waals surface area contributed by atoms with E-state index < -0.39 is 0 Å². The second-order valence-corrected chi connectivity index (χ2v) is 1.57. The van der Waals surface area contributed by atoms with Gasteiger partial charge in [-0.1, -0.05) is 0 Å². The molecule has 0 spiro atoms. The highest BCUT2D eigenvalue weighted by Crippen LogP contribution is 1.94. The van der Waals surface area contributed by atoms with Gasteiger partial charge in [-0.15, -0.1) is 11.3 Å². The molecule has 0 saturated heterocycles. The van der Waals surface area contributed by atoms with E-state index in [1.165, 1.54) is 11.3 Å². The first-order valence-corrected chi connectivity index (χ1v) is 2.52. The SMILES string of the molecule is N#Cc1[c]scn1. The first-order chi connectivity index (χ1) is 3.43. The maximum Gasteiger partial charge on any atom is 0.160 e. The minimum atomic E-state index is 0.380. The third-order valence-electron chi connectivity index (χ3n) is 0.496. The standard InChI is InChI=1S/C4HN2S/c5-1-4-2-7-3-6-4/h3H. The lowest BCUT2D eigenvalue weighted by Gasteiger charge is -1.60. The predicted molar refractivity (Wildman–Crippen MR) is 25.7 cm³/mol. The molecule has 0 aromatic carbocycles. The molecule has 7 heavy (non-hydrogen) atoms. The zero-order valence-electron chi connectivity index (χ0n) is 3.38. The molecule has 0 amide bonds. The van der Waals surface area contributed by atoms with Gasteiger partial charge in [0.25, 0.3) is 0 Å². The molecule has 1 radical (unpaired) electrons. The lowest BCUT2D eigenvalue weighted by atomic mass is 10.6. The van der Waals surface area contributed by atoms with E-state index in [9.17, 15) is 0 Å². The highest BCUT2D eigenvalue weighted by atomic mass is 32.1. The number of nitrogens with zero attached hydrogens (tertiary/aromatic N) is 2. The Bertz CT molecular complexity index is 172. The van der Waals surface area contributed by atoms with Gasteiger partial charge in [0, 0.05) is 0 Å². The van der Waals surface area contributed by atoms with Crippen molar-refractivity contribution in [2.24, 2.45) is 0 Å². The lowest BCUT2D eigenvalue weighted by Crippen LogP contribution is -1.64. The van der Waals surface area contributed by atoms with Crippen LogP contribution < -0.4 is 0 Å². The van der Waals surface area contributed by atoms with Crippen molar-refractivity contribution in [3.05, 3.63) is 16.6 Å². The van der Waals surface area contributed by atoms with Gasteiger partial charge in [-0.05, 0) is 0 Å². The van der Waals surface area contributed by atoms with Gasteiger partial charge in [-0.25, -0.2) is 4.98 Å². The van der Waals surface area contributed by atoms with E-state index in [2.05, 4.69) is 10.4 Å². The summed E-state index contributed by atoms with van der Waals surface area (Å²) in [6.45, 7) is 0. The molecule has 3 heteroatoms.